The van der Waals surface area contributed by atoms with Crippen molar-refractivity contribution >= 4 is 75.6 Å². The lowest BCUT2D eigenvalue weighted by Gasteiger charge is -2.35. The molecule has 25 heteroatoms. The standard InChI is InChI=1S/C23H28FNO2.C23H26FNO2.C21H20F3NO2.C20H21F3N2O2.C20H21NO3/c2*1-14-4-5-20(21(26)10-14)25-13-19-17(11-16(24)12-18(19)22(25)27)15-6-8-23(2,3)9-7-15;1-12-2-3-18(19(26)8-12)25-11-17-15(9-14(22)10-16(17)20(25)27)13-4-6-21(23,24)7-5-13;1-11-2-3-17(18(26)24-11)25-10-16-14(8-13(21)9-15(16)19(25)27)12-4-6-20(22,23)7-5-12;1-12-9-10-16(17(22)11-12)21-19(23)15-8-4-7-14(18(15)20(21)24)13-5-2-3-6-13/h11-12,15,20H,1,4-10,13H2,2-3H3;6,11-12,20H,1,4-5,7-10,13H2,2-3H3;4,9-10,18H,1-3,5-8,11H2;8-9,12,17H,1-7,10H2,(H,24,26);4,7-8,13,16H,1-3,5-6,9-11H2. The Kier molecular flexibility index (Phi) is 26.7. The summed E-state index contributed by atoms with van der Waals surface area (Å²) in [5, 5.41) is 2.67. The number of halogens is 8. The van der Waals surface area contributed by atoms with Crippen LogP contribution in [0.5, 0.6) is 0 Å². The number of carbonyl (C=O) groups is 11. The molecule has 9 aliphatic carbocycles. The molecule has 5 unspecified atom stereocenters. The van der Waals surface area contributed by atoms with Crippen molar-refractivity contribution in [2.24, 2.45) is 10.8 Å². The van der Waals surface area contributed by atoms with Gasteiger partial charge < -0.3 is 24.9 Å². The van der Waals surface area contributed by atoms with Crippen LogP contribution in [0.15, 0.2) is 140 Å². The van der Waals surface area contributed by atoms with Gasteiger partial charge in [0.15, 0.2) is 23.1 Å². The number of nitrogens with one attached hydrogen (secondary N) is 1. The van der Waals surface area contributed by atoms with Crippen LogP contribution in [0.4, 0.5) is 35.1 Å². The maximum atomic E-state index is 14.4. The average Bonchev–Trinajstić information content (AvgIpc) is 1.56. The molecule has 5 aromatic carbocycles. The molecule has 17 nitrogen and oxygen atoms in total. The summed E-state index contributed by atoms with van der Waals surface area (Å²) in [6.45, 7) is 29.5. The Labute approximate surface area is 765 Å². The second-order valence-electron chi connectivity index (χ2n) is 40.9. The summed E-state index contributed by atoms with van der Waals surface area (Å²) in [7, 11) is 0. The topological polar surface area (TPSA) is 216 Å². The third-order valence-corrected chi connectivity index (χ3v) is 30.4. The number of piperidine rings is 1. The third kappa shape index (κ3) is 19.5. The number of fused-ring (bicyclic) bond motifs is 5. The molecule has 0 bridgehead atoms. The number of imide groups is 1. The number of carbonyl (C=O) groups excluding carboxylic acids is 11. The molecule has 7 saturated carbocycles. The summed E-state index contributed by atoms with van der Waals surface area (Å²) in [6, 6.07) is 13.9. The van der Waals surface area contributed by atoms with Gasteiger partial charge in [0, 0.05) is 105 Å². The van der Waals surface area contributed by atoms with Crippen LogP contribution in [0.2, 0.25) is 0 Å². The number of benzene rings is 5. The Morgan fingerprint density at radius 1 is 0.341 bits per heavy atom. The van der Waals surface area contributed by atoms with Gasteiger partial charge in [-0.2, -0.15) is 0 Å². The van der Waals surface area contributed by atoms with Crippen molar-refractivity contribution in [3.8, 4) is 0 Å². The first-order valence-electron chi connectivity index (χ1n) is 47.0. The number of hydrogen-bond acceptors (Lipinski definition) is 11. The second-order valence-corrected chi connectivity index (χ2v) is 40.9. The number of alkyl halides is 4. The van der Waals surface area contributed by atoms with Crippen LogP contribution >= 0.6 is 0 Å². The molecule has 7 amide bonds. The van der Waals surface area contributed by atoms with Gasteiger partial charge in [-0.3, -0.25) is 57.6 Å². The van der Waals surface area contributed by atoms with E-state index >= 15 is 0 Å². The molecular formula is C107H116F8N6O11. The molecule has 15 aliphatic rings. The lowest BCUT2D eigenvalue weighted by Crippen LogP contribution is -2.49. The van der Waals surface area contributed by atoms with Gasteiger partial charge >= 0.3 is 0 Å². The summed E-state index contributed by atoms with van der Waals surface area (Å²) in [5.41, 5.74) is 16.1. The molecule has 0 aromatic heterocycles. The monoisotopic (exact) mass is 1810 g/mol. The van der Waals surface area contributed by atoms with E-state index in [2.05, 4.69) is 72.0 Å². The Morgan fingerprint density at radius 3 is 1.12 bits per heavy atom. The van der Waals surface area contributed by atoms with Crippen molar-refractivity contribution in [3.05, 3.63) is 246 Å². The van der Waals surface area contributed by atoms with E-state index in [1.54, 1.807) is 28.0 Å². The van der Waals surface area contributed by atoms with E-state index in [0.29, 0.717) is 150 Å². The molecule has 6 aliphatic heterocycles. The molecule has 0 radical (unpaired) electrons. The summed E-state index contributed by atoms with van der Waals surface area (Å²) in [5.74, 6) is -8.78. The minimum Gasteiger partial charge on any atom is -0.329 e. The summed E-state index contributed by atoms with van der Waals surface area (Å²) >= 11 is 0. The van der Waals surface area contributed by atoms with Crippen molar-refractivity contribution < 1.29 is 87.9 Å². The highest BCUT2D eigenvalue weighted by atomic mass is 19.3. The van der Waals surface area contributed by atoms with E-state index in [-0.39, 0.29) is 169 Å². The van der Waals surface area contributed by atoms with Crippen LogP contribution in [0.1, 0.15) is 363 Å². The largest absolute Gasteiger partial charge is 0.329 e. The number of rotatable bonds is 10. The van der Waals surface area contributed by atoms with Crippen LogP contribution < -0.4 is 5.32 Å². The van der Waals surface area contributed by atoms with Crippen molar-refractivity contribution in [2.75, 3.05) is 0 Å². The molecule has 0 spiro atoms. The molecule has 8 fully saturated rings. The number of allylic oxidation sites excluding steroid dienone is 9. The Morgan fingerprint density at radius 2 is 0.712 bits per heavy atom. The highest BCUT2D eigenvalue weighted by molar-refractivity contribution is 6.24. The predicted molar refractivity (Wildman–Crippen MR) is 484 cm³/mol. The van der Waals surface area contributed by atoms with E-state index in [4.69, 9.17) is 0 Å². The molecule has 1 saturated heterocycles. The van der Waals surface area contributed by atoms with Gasteiger partial charge in [0.1, 0.15) is 29.3 Å². The summed E-state index contributed by atoms with van der Waals surface area (Å²) < 4.78 is 111. The lowest BCUT2D eigenvalue weighted by atomic mass is 9.70. The summed E-state index contributed by atoms with van der Waals surface area (Å²) in [4.78, 5) is 147. The molecule has 696 valence electrons. The van der Waals surface area contributed by atoms with E-state index in [1.807, 2.05) is 12.1 Å². The fraction of sp³-hybridized carbons (Fsp3) is 0.486. The maximum Gasteiger partial charge on any atom is 0.262 e. The van der Waals surface area contributed by atoms with Gasteiger partial charge in [-0.1, -0.05) is 120 Å². The third-order valence-electron chi connectivity index (χ3n) is 30.4. The highest BCUT2D eigenvalue weighted by Crippen LogP contribution is 2.51. The zero-order valence-electron chi connectivity index (χ0n) is 75.9. The number of amides is 7. The minimum absolute atomic E-state index is 0.0491. The second kappa shape index (κ2) is 37.4. The predicted octanol–water partition coefficient (Wildman–Crippen LogP) is 22.3. The van der Waals surface area contributed by atoms with Crippen LogP contribution in [0, 0.1) is 34.1 Å². The minimum atomic E-state index is -2.74. The normalized spacial score (nSPS) is 25.2. The Balaban J connectivity index is 0.000000120. The van der Waals surface area contributed by atoms with Gasteiger partial charge in [0.2, 0.25) is 11.8 Å². The molecule has 132 heavy (non-hydrogen) atoms. The fourth-order valence-corrected chi connectivity index (χ4v) is 22.7. The van der Waals surface area contributed by atoms with Crippen LogP contribution in [0.25, 0.3) is 11.1 Å². The van der Waals surface area contributed by atoms with Gasteiger partial charge in [-0.25, -0.2) is 35.1 Å². The van der Waals surface area contributed by atoms with Gasteiger partial charge in [0.25, 0.3) is 41.4 Å². The Hall–Kier alpha value is -11.1. The van der Waals surface area contributed by atoms with Crippen molar-refractivity contribution in [2.45, 2.75) is 319 Å². The van der Waals surface area contributed by atoms with E-state index in [0.717, 1.165) is 126 Å². The zero-order chi connectivity index (χ0) is 94.2. The molecule has 6 heterocycles. The summed E-state index contributed by atoms with van der Waals surface area (Å²) in [6.07, 6.45) is 22.3. The van der Waals surface area contributed by atoms with Crippen molar-refractivity contribution in [3.63, 3.8) is 0 Å². The molecule has 5 atom stereocenters. The smallest absolute Gasteiger partial charge is 0.262 e. The zero-order valence-corrected chi connectivity index (χ0v) is 75.9. The molecule has 5 aromatic rings. The number of ketones is 4. The van der Waals surface area contributed by atoms with Crippen LogP contribution in [-0.2, 0) is 50.2 Å². The molecule has 1 N–H and O–H groups in total. The van der Waals surface area contributed by atoms with E-state index in [9.17, 15) is 87.9 Å². The quantitative estimate of drug-likeness (QED) is 0.0788. The van der Waals surface area contributed by atoms with Gasteiger partial charge in [0.05, 0.1) is 35.3 Å². The molecular weight excluding hydrogens is 1700 g/mol. The lowest BCUT2D eigenvalue weighted by molar-refractivity contribution is -0.126. The van der Waals surface area contributed by atoms with Crippen LogP contribution in [-0.4, -0.2) is 131 Å². The van der Waals surface area contributed by atoms with E-state index < -0.39 is 53.7 Å². The number of Topliss-reactive ketones (excluding diaryl/α,β-unsaturated/α-hetero) is 4. The average molecular weight is 1810 g/mol. The van der Waals surface area contributed by atoms with E-state index in [1.165, 1.54) is 70.0 Å². The Bertz CT molecular complexity index is 5500. The van der Waals surface area contributed by atoms with Crippen molar-refractivity contribution in [1.82, 2.24) is 29.8 Å². The number of nitrogens with zero attached hydrogens (tertiary/aromatic N) is 5. The first kappa shape index (κ1) is 94.1. The number of hydrogen-bond donors (Lipinski definition) is 1. The first-order valence-corrected chi connectivity index (χ1v) is 47.0. The van der Waals surface area contributed by atoms with Gasteiger partial charge in [-0.15, -0.1) is 0 Å². The maximum absolute atomic E-state index is 14.4. The fourth-order valence-electron chi connectivity index (χ4n) is 22.7. The highest BCUT2D eigenvalue weighted by Gasteiger charge is 2.50. The first-order chi connectivity index (χ1) is 62.6. The van der Waals surface area contributed by atoms with Gasteiger partial charge in [-0.05, 0) is 286 Å². The molecule has 20 rings (SSSR count). The van der Waals surface area contributed by atoms with Crippen molar-refractivity contribution in [1.29, 1.82) is 0 Å². The SMILES string of the molecule is C=C1CCC(N2C(=O)c3cccc(C4CCCC4)c3C2=O)C(=O)C1.C=C1CCC(N2Cc3c(cc(F)cc3C3=CCC(C)(C)CC3)C2=O)C(=O)C1.C=C1CCC(N2Cc3c(cc(F)cc3C3=CCC(F)(F)CC3)C2=O)C(=O)C1.C=C1CCC(N2Cc3c(cc(F)cc3C3CCC(C)(C)CC3)C2=O)C(=O)C1.C=C1CCC(N2Cc3c(cc(F)cc3C3CCC(F)(F)CC3)C2=O)C(=O)N1. The van der Waals surface area contributed by atoms with Crippen LogP contribution in [0.3, 0.4) is 0 Å².